The van der Waals surface area contributed by atoms with Gasteiger partial charge in [-0.3, -0.25) is 0 Å². The van der Waals surface area contributed by atoms with Crippen molar-refractivity contribution in [2.45, 2.75) is 12.5 Å². The van der Waals surface area contributed by atoms with Gasteiger partial charge >= 0.3 is 0 Å². The van der Waals surface area contributed by atoms with Crippen LogP contribution < -0.4 is 0 Å². The lowest BCUT2D eigenvalue weighted by molar-refractivity contribution is 0.122. The molecule has 0 fully saturated rings. The molecule has 2 aromatic rings. The summed E-state index contributed by atoms with van der Waals surface area (Å²) in [5.41, 5.74) is 0.279. The zero-order valence-corrected chi connectivity index (χ0v) is 10.3. The third-order valence-electron chi connectivity index (χ3n) is 2.92. The molecule has 2 rings (SSSR count). The van der Waals surface area contributed by atoms with E-state index in [2.05, 4.69) is 5.92 Å². The smallest absolute Gasteiger partial charge is 0.147 e. The fourth-order valence-electron chi connectivity index (χ4n) is 1.79. The normalized spacial score (nSPS) is 13.6. The van der Waals surface area contributed by atoms with Crippen molar-refractivity contribution in [1.29, 1.82) is 0 Å². The number of hydrogen-bond acceptors (Lipinski definition) is 1. The standard InChI is InChI=1S/C16H12F2O/c1-3-16(2,19)13-6-4-11(5-7-13)12-8-14(17)10-15(18)9-12/h1,4-10,19H,2H3. The molecule has 0 spiro atoms. The van der Waals surface area contributed by atoms with E-state index in [0.29, 0.717) is 16.7 Å². The number of terminal acetylenes is 1. The lowest BCUT2D eigenvalue weighted by atomic mass is 9.94. The Bertz CT molecular complexity index is 617. The Morgan fingerprint density at radius 3 is 2.00 bits per heavy atom. The van der Waals surface area contributed by atoms with Crippen LogP contribution in [0.25, 0.3) is 11.1 Å². The topological polar surface area (TPSA) is 20.2 Å². The number of halogens is 2. The van der Waals surface area contributed by atoms with E-state index < -0.39 is 17.2 Å². The molecule has 0 saturated heterocycles. The van der Waals surface area contributed by atoms with E-state index in [4.69, 9.17) is 6.42 Å². The predicted octanol–water partition coefficient (Wildman–Crippen LogP) is 3.47. The van der Waals surface area contributed by atoms with Crippen LogP contribution in [0, 0.1) is 24.0 Å². The molecule has 0 amide bonds. The van der Waals surface area contributed by atoms with Gasteiger partial charge in [0.1, 0.15) is 17.2 Å². The highest BCUT2D eigenvalue weighted by Gasteiger charge is 2.19. The van der Waals surface area contributed by atoms with Gasteiger partial charge in [-0.05, 0) is 35.7 Å². The molecule has 1 nitrogen and oxygen atoms in total. The number of hydrogen-bond donors (Lipinski definition) is 1. The summed E-state index contributed by atoms with van der Waals surface area (Å²) < 4.78 is 26.3. The van der Waals surface area contributed by atoms with Crippen molar-refractivity contribution in [1.82, 2.24) is 0 Å². The van der Waals surface area contributed by atoms with Crippen LogP contribution in [0.1, 0.15) is 12.5 Å². The monoisotopic (exact) mass is 258 g/mol. The van der Waals surface area contributed by atoms with Crippen LogP contribution in [0.15, 0.2) is 42.5 Å². The third-order valence-corrected chi connectivity index (χ3v) is 2.92. The first kappa shape index (κ1) is 13.3. The molecule has 1 N–H and O–H groups in total. The van der Waals surface area contributed by atoms with Crippen LogP contribution in [-0.4, -0.2) is 5.11 Å². The molecule has 0 saturated carbocycles. The van der Waals surface area contributed by atoms with Crippen LogP contribution in [-0.2, 0) is 5.60 Å². The first-order valence-electron chi connectivity index (χ1n) is 5.69. The van der Waals surface area contributed by atoms with Gasteiger partial charge < -0.3 is 5.11 Å². The summed E-state index contributed by atoms with van der Waals surface area (Å²) in [6, 6.07) is 9.91. The average molecular weight is 258 g/mol. The Balaban J connectivity index is 2.41. The van der Waals surface area contributed by atoms with Gasteiger partial charge in [0.2, 0.25) is 0 Å². The molecule has 0 aromatic heterocycles. The van der Waals surface area contributed by atoms with Crippen molar-refractivity contribution in [3.05, 3.63) is 59.7 Å². The first-order chi connectivity index (χ1) is 8.92. The average Bonchev–Trinajstić information content (AvgIpc) is 2.38. The van der Waals surface area contributed by atoms with E-state index in [0.717, 1.165) is 6.07 Å². The summed E-state index contributed by atoms with van der Waals surface area (Å²) >= 11 is 0. The maximum atomic E-state index is 13.1. The van der Waals surface area contributed by atoms with Gasteiger partial charge in [0.15, 0.2) is 0 Å². The van der Waals surface area contributed by atoms with Gasteiger partial charge in [-0.25, -0.2) is 8.78 Å². The minimum atomic E-state index is -1.36. The van der Waals surface area contributed by atoms with Crippen molar-refractivity contribution < 1.29 is 13.9 Å². The zero-order chi connectivity index (χ0) is 14.0. The molecule has 0 bridgehead atoms. The second-order valence-electron chi connectivity index (χ2n) is 4.45. The molecular weight excluding hydrogens is 246 g/mol. The van der Waals surface area contributed by atoms with Crippen molar-refractivity contribution in [3.8, 4) is 23.5 Å². The molecule has 0 radical (unpaired) electrons. The van der Waals surface area contributed by atoms with E-state index in [-0.39, 0.29) is 0 Å². The van der Waals surface area contributed by atoms with Crippen LogP contribution in [0.2, 0.25) is 0 Å². The summed E-state index contributed by atoms with van der Waals surface area (Å²) in [4.78, 5) is 0. The van der Waals surface area contributed by atoms with Crippen LogP contribution in [0.3, 0.4) is 0 Å². The Kier molecular flexibility index (Phi) is 3.37. The maximum Gasteiger partial charge on any atom is 0.147 e. The summed E-state index contributed by atoms with van der Waals surface area (Å²) in [5, 5.41) is 9.89. The summed E-state index contributed by atoms with van der Waals surface area (Å²) in [6.07, 6.45) is 5.23. The van der Waals surface area contributed by atoms with Crippen LogP contribution in [0.4, 0.5) is 8.78 Å². The molecule has 0 aliphatic carbocycles. The molecule has 96 valence electrons. The summed E-state index contributed by atoms with van der Waals surface area (Å²) in [7, 11) is 0. The van der Waals surface area contributed by atoms with Crippen molar-refractivity contribution in [3.63, 3.8) is 0 Å². The van der Waals surface area contributed by atoms with Crippen LogP contribution in [0.5, 0.6) is 0 Å². The molecule has 1 unspecified atom stereocenters. The minimum Gasteiger partial charge on any atom is -0.374 e. The lowest BCUT2D eigenvalue weighted by Crippen LogP contribution is -2.17. The number of aliphatic hydroxyl groups is 1. The van der Waals surface area contributed by atoms with Crippen LogP contribution >= 0.6 is 0 Å². The van der Waals surface area contributed by atoms with Gasteiger partial charge in [-0.1, -0.05) is 30.2 Å². The van der Waals surface area contributed by atoms with Gasteiger partial charge in [0, 0.05) is 6.07 Å². The number of benzene rings is 2. The molecular formula is C16H12F2O. The zero-order valence-electron chi connectivity index (χ0n) is 10.3. The van der Waals surface area contributed by atoms with Crippen molar-refractivity contribution >= 4 is 0 Å². The van der Waals surface area contributed by atoms with Gasteiger partial charge in [0.25, 0.3) is 0 Å². The molecule has 2 aromatic carbocycles. The predicted molar refractivity (Wildman–Crippen MR) is 70.2 cm³/mol. The quantitative estimate of drug-likeness (QED) is 0.818. The maximum absolute atomic E-state index is 13.1. The first-order valence-corrected chi connectivity index (χ1v) is 5.69. The second-order valence-corrected chi connectivity index (χ2v) is 4.45. The molecule has 19 heavy (non-hydrogen) atoms. The lowest BCUT2D eigenvalue weighted by Gasteiger charge is -2.17. The third kappa shape index (κ3) is 2.81. The van der Waals surface area contributed by atoms with E-state index in [1.807, 2.05) is 0 Å². The number of rotatable bonds is 2. The highest BCUT2D eigenvalue weighted by molar-refractivity contribution is 5.64. The molecule has 1 atom stereocenters. The fraction of sp³-hybridized carbons (Fsp3) is 0.125. The molecule has 0 aliphatic heterocycles. The van der Waals surface area contributed by atoms with E-state index >= 15 is 0 Å². The van der Waals surface area contributed by atoms with E-state index in [1.165, 1.54) is 19.1 Å². The highest BCUT2D eigenvalue weighted by atomic mass is 19.1. The minimum absolute atomic E-state index is 0.435. The Labute approximate surface area is 110 Å². The van der Waals surface area contributed by atoms with Gasteiger partial charge in [0.05, 0.1) is 0 Å². The SMILES string of the molecule is C#CC(C)(O)c1ccc(-c2cc(F)cc(F)c2)cc1. The Morgan fingerprint density at radius 2 is 1.53 bits per heavy atom. The molecule has 3 heteroatoms. The van der Waals surface area contributed by atoms with Crippen molar-refractivity contribution in [2.24, 2.45) is 0 Å². The molecule has 0 aliphatic rings. The van der Waals surface area contributed by atoms with Gasteiger partial charge in [-0.2, -0.15) is 0 Å². The summed E-state index contributed by atoms with van der Waals surface area (Å²) in [5.74, 6) is 1.01. The van der Waals surface area contributed by atoms with Crippen molar-refractivity contribution in [2.75, 3.05) is 0 Å². The largest absolute Gasteiger partial charge is 0.374 e. The Morgan fingerprint density at radius 1 is 1.00 bits per heavy atom. The highest BCUT2D eigenvalue weighted by Crippen LogP contribution is 2.25. The second kappa shape index (κ2) is 4.83. The molecule has 0 heterocycles. The Hall–Kier alpha value is -2.18. The van der Waals surface area contributed by atoms with E-state index in [9.17, 15) is 13.9 Å². The fourth-order valence-corrected chi connectivity index (χ4v) is 1.79. The van der Waals surface area contributed by atoms with E-state index in [1.54, 1.807) is 24.3 Å². The van der Waals surface area contributed by atoms with Gasteiger partial charge in [-0.15, -0.1) is 6.42 Å². The summed E-state index contributed by atoms with van der Waals surface area (Å²) in [6.45, 7) is 1.50.